The number of nitrogens with one attached hydrogen (secondary N) is 2. The lowest BCUT2D eigenvalue weighted by Crippen LogP contribution is -2.33. The summed E-state index contributed by atoms with van der Waals surface area (Å²) in [7, 11) is 0. The van der Waals surface area contributed by atoms with Gasteiger partial charge in [-0.1, -0.05) is 59.6 Å². The first-order valence-corrected chi connectivity index (χ1v) is 7.52. The molecule has 0 unspecified atom stereocenters. The van der Waals surface area contributed by atoms with Crippen molar-refractivity contribution in [3.63, 3.8) is 0 Å². The highest BCUT2D eigenvalue weighted by Crippen LogP contribution is 2.29. The van der Waals surface area contributed by atoms with Crippen molar-refractivity contribution in [1.82, 2.24) is 5.32 Å². The summed E-state index contributed by atoms with van der Waals surface area (Å²) in [6.07, 6.45) is 3.10. The van der Waals surface area contributed by atoms with Crippen molar-refractivity contribution in [1.29, 1.82) is 0 Å². The Morgan fingerprint density at radius 1 is 1.00 bits per heavy atom. The van der Waals surface area contributed by atoms with E-state index in [-0.39, 0.29) is 11.0 Å². The Labute approximate surface area is 143 Å². The average Bonchev–Trinajstić information content (AvgIpc) is 2.50. The van der Waals surface area contributed by atoms with Crippen molar-refractivity contribution in [2.24, 2.45) is 0 Å². The van der Waals surface area contributed by atoms with Crippen molar-refractivity contribution in [2.75, 3.05) is 5.32 Å². The Hall–Kier alpha value is -1.88. The normalized spacial score (nSPS) is 10.5. The summed E-state index contributed by atoms with van der Waals surface area (Å²) >= 11 is 17.1. The Morgan fingerprint density at radius 3 is 2.27 bits per heavy atom. The van der Waals surface area contributed by atoms with Crippen LogP contribution >= 0.6 is 35.4 Å². The first kappa shape index (κ1) is 16.5. The fourth-order valence-electron chi connectivity index (χ4n) is 1.65. The van der Waals surface area contributed by atoms with Gasteiger partial charge in [0.05, 0.1) is 15.7 Å². The highest BCUT2D eigenvalue weighted by atomic mass is 35.5. The Balaban J connectivity index is 1.95. The van der Waals surface area contributed by atoms with E-state index in [1.807, 2.05) is 30.3 Å². The molecule has 2 rings (SSSR count). The molecular formula is C16H12Cl2N2OS. The predicted octanol–water partition coefficient (Wildman–Crippen LogP) is 4.52. The lowest BCUT2D eigenvalue weighted by Gasteiger charge is -2.11. The maximum atomic E-state index is 11.8. The number of thiocarbonyl (C=S) groups is 1. The van der Waals surface area contributed by atoms with Gasteiger partial charge in [-0.15, -0.1) is 0 Å². The zero-order valence-electron chi connectivity index (χ0n) is 11.3. The van der Waals surface area contributed by atoms with Gasteiger partial charge in [0, 0.05) is 6.08 Å². The molecule has 0 aromatic heterocycles. The second-order valence-corrected chi connectivity index (χ2v) is 5.51. The standard InChI is InChI=1S/C16H12Cl2N2OS/c17-12-7-4-8-13(18)15(12)20-16(22)19-14(21)10-9-11-5-2-1-3-6-11/h1-10H,(H2,19,20,21,22)/b10-9+. The Bertz CT molecular complexity index is 697. The monoisotopic (exact) mass is 350 g/mol. The minimum atomic E-state index is -0.343. The van der Waals surface area contributed by atoms with Gasteiger partial charge in [-0.05, 0) is 36.0 Å². The van der Waals surface area contributed by atoms with Crippen LogP contribution in [0.5, 0.6) is 0 Å². The fraction of sp³-hybridized carbons (Fsp3) is 0. The molecule has 0 atom stereocenters. The maximum Gasteiger partial charge on any atom is 0.250 e. The molecule has 2 aromatic rings. The molecule has 0 saturated carbocycles. The highest BCUT2D eigenvalue weighted by Gasteiger charge is 2.08. The minimum Gasteiger partial charge on any atom is -0.330 e. The van der Waals surface area contributed by atoms with E-state index in [0.29, 0.717) is 15.7 Å². The molecule has 0 aliphatic rings. The number of rotatable bonds is 3. The third-order valence-electron chi connectivity index (χ3n) is 2.66. The quantitative estimate of drug-likeness (QED) is 0.631. The number of amides is 1. The first-order valence-electron chi connectivity index (χ1n) is 6.35. The van der Waals surface area contributed by atoms with Crippen molar-refractivity contribution in [3.05, 3.63) is 70.2 Å². The Morgan fingerprint density at radius 2 is 1.64 bits per heavy atom. The highest BCUT2D eigenvalue weighted by molar-refractivity contribution is 7.80. The molecule has 0 aliphatic heterocycles. The van der Waals surface area contributed by atoms with E-state index in [4.69, 9.17) is 35.4 Å². The minimum absolute atomic E-state index is 0.123. The van der Waals surface area contributed by atoms with Gasteiger partial charge in [-0.3, -0.25) is 10.1 Å². The molecule has 0 saturated heterocycles. The number of anilines is 1. The lowest BCUT2D eigenvalue weighted by molar-refractivity contribution is -0.115. The molecule has 0 radical (unpaired) electrons. The van der Waals surface area contributed by atoms with Crippen LogP contribution in [0.15, 0.2) is 54.6 Å². The third kappa shape index (κ3) is 4.84. The summed E-state index contributed by atoms with van der Waals surface area (Å²) in [6.45, 7) is 0. The van der Waals surface area contributed by atoms with Crippen LogP contribution in [0.4, 0.5) is 5.69 Å². The molecule has 112 valence electrons. The molecule has 0 spiro atoms. The summed E-state index contributed by atoms with van der Waals surface area (Å²) in [5.74, 6) is -0.343. The van der Waals surface area contributed by atoms with E-state index in [1.165, 1.54) is 6.08 Å². The fourth-order valence-corrected chi connectivity index (χ4v) is 2.35. The van der Waals surface area contributed by atoms with Gasteiger partial charge >= 0.3 is 0 Å². The van der Waals surface area contributed by atoms with Gasteiger partial charge in [-0.2, -0.15) is 0 Å². The number of carbonyl (C=O) groups excluding carboxylic acids is 1. The molecule has 1 amide bonds. The smallest absolute Gasteiger partial charge is 0.250 e. The number of halogens is 2. The molecular weight excluding hydrogens is 339 g/mol. The van der Waals surface area contributed by atoms with E-state index in [0.717, 1.165) is 5.56 Å². The second-order valence-electron chi connectivity index (χ2n) is 4.28. The molecule has 2 aromatic carbocycles. The number of benzene rings is 2. The maximum absolute atomic E-state index is 11.8. The van der Waals surface area contributed by atoms with E-state index in [1.54, 1.807) is 24.3 Å². The largest absolute Gasteiger partial charge is 0.330 e. The van der Waals surface area contributed by atoms with Gasteiger partial charge in [0.1, 0.15) is 0 Å². The van der Waals surface area contributed by atoms with Crippen molar-refractivity contribution in [2.45, 2.75) is 0 Å². The average molecular weight is 351 g/mol. The van der Waals surface area contributed by atoms with Crippen LogP contribution in [0.2, 0.25) is 10.0 Å². The summed E-state index contributed by atoms with van der Waals surface area (Å²) in [4.78, 5) is 11.8. The first-order chi connectivity index (χ1) is 10.6. The molecule has 6 heteroatoms. The van der Waals surface area contributed by atoms with Crippen LogP contribution < -0.4 is 10.6 Å². The van der Waals surface area contributed by atoms with Gasteiger partial charge in [0.25, 0.3) is 0 Å². The zero-order valence-corrected chi connectivity index (χ0v) is 13.7. The summed E-state index contributed by atoms with van der Waals surface area (Å²) in [5, 5.41) is 6.30. The number of hydrogen-bond acceptors (Lipinski definition) is 2. The number of para-hydroxylation sites is 1. The molecule has 22 heavy (non-hydrogen) atoms. The molecule has 2 N–H and O–H groups in total. The summed E-state index contributed by atoms with van der Waals surface area (Å²) in [6, 6.07) is 14.6. The van der Waals surface area contributed by atoms with Crippen LogP contribution in [-0.2, 0) is 4.79 Å². The van der Waals surface area contributed by atoms with Crippen LogP contribution in [0.25, 0.3) is 6.08 Å². The van der Waals surface area contributed by atoms with E-state index >= 15 is 0 Å². The Kier molecular flexibility index (Phi) is 5.95. The van der Waals surface area contributed by atoms with Crippen LogP contribution in [0, 0.1) is 0 Å². The molecule has 0 aliphatic carbocycles. The third-order valence-corrected chi connectivity index (χ3v) is 3.50. The van der Waals surface area contributed by atoms with E-state index in [2.05, 4.69) is 10.6 Å². The topological polar surface area (TPSA) is 41.1 Å². The van der Waals surface area contributed by atoms with Crippen LogP contribution in [0.3, 0.4) is 0 Å². The van der Waals surface area contributed by atoms with Gasteiger partial charge in [0.2, 0.25) is 5.91 Å². The number of hydrogen-bond donors (Lipinski definition) is 2. The lowest BCUT2D eigenvalue weighted by atomic mass is 10.2. The van der Waals surface area contributed by atoms with E-state index in [9.17, 15) is 4.79 Å². The van der Waals surface area contributed by atoms with Crippen molar-refractivity contribution in [3.8, 4) is 0 Å². The summed E-state index contributed by atoms with van der Waals surface area (Å²) < 4.78 is 0. The molecule has 0 heterocycles. The number of carbonyl (C=O) groups is 1. The van der Waals surface area contributed by atoms with E-state index < -0.39 is 0 Å². The van der Waals surface area contributed by atoms with Gasteiger partial charge in [0.15, 0.2) is 5.11 Å². The zero-order chi connectivity index (χ0) is 15.9. The van der Waals surface area contributed by atoms with Crippen molar-refractivity contribution < 1.29 is 4.79 Å². The van der Waals surface area contributed by atoms with Crippen molar-refractivity contribution >= 4 is 58.2 Å². The molecule has 0 fully saturated rings. The van der Waals surface area contributed by atoms with Gasteiger partial charge in [-0.25, -0.2) is 0 Å². The SMILES string of the molecule is O=C(/C=C/c1ccccc1)NC(=S)Nc1c(Cl)cccc1Cl. The molecule has 3 nitrogen and oxygen atoms in total. The van der Waals surface area contributed by atoms with Gasteiger partial charge < -0.3 is 5.32 Å². The van der Waals surface area contributed by atoms with Crippen LogP contribution in [0.1, 0.15) is 5.56 Å². The summed E-state index contributed by atoms with van der Waals surface area (Å²) in [5.41, 5.74) is 1.38. The second kappa shape index (κ2) is 7.94. The molecule has 0 bridgehead atoms. The predicted molar refractivity (Wildman–Crippen MR) is 96.3 cm³/mol. The van der Waals surface area contributed by atoms with Crippen LogP contribution in [-0.4, -0.2) is 11.0 Å².